The zero-order valence-electron chi connectivity index (χ0n) is 11.6. The second kappa shape index (κ2) is 6.17. The van der Waals surface area contributed by atoms with Crippen LogP contribution in [0.5, 0.6) is 17.2 Å². The lowest BCUT2D eigenvalue weighted by atomic mass is 10.2. The molecule has 0 bridgehead atoms. The normalized spacial score (nSPS) is 16.5. The quantitative estimate of drug-likeness (QED) is 0.667. The third-order valence-electron chi connectivity index (χ3n) is 3.08. The number of phenols is 1. The van der Waals surface area contributed by atoms with E-state index in [4.69, 9.17) is 9.47 Å². The van der Waals surface area contributed by atoms with Gasteiger partial charge in [-0.1, -0.05) is 12.1 Å². The van der Waals surface area contributed by atoms with Gasteiger partial charge in [0.25, 0.3) is 5.91 Å². The number of nitrogens with zero attached hydrogens (tertiary/aromatic N) is 1. The fourth-order valence-corrected chi connectivity index (χ4v) is 1.95. The molecule has 0 aliphatic carbocycles. The van der Waals surface area contributed by atoms with E-state index < -0.39 is 6.10 Å². The molecule has 0 aromatic heterocycles. The summed E-state index contributed by atoms with van der Waals surface area (Å²) in [6.07, 6.45) is 0.737. The number of carbonyl (C=O) groups excluding carboxylic acids is 1. The fraction of sp³-hybridized carbons (Fsp3) is 0.125. The summed E-state index contributed by atoms with van der Waals surface area (Å²) in [5, 5.41) is 13.0. The minimum absolute atomic E-state index is 0.136. The Balaban J connectivity index is 1.58. The smallest absolute Gasteiger partial charge is 0.284 e. The van der Waals surface area contributed by atoms with Crippen molar-refractivity contribution < 1.29 is 19.4 Å². The first-order chi connectivity index (χ1) is 10.7. The molecule has 2 aromatic rings. The molecule has 1 aliphatic rings. The lowest BCUT2D eigenvalue weighted by Crippen LogP contribution is -2.42. The van der Waals surface area contributed by atoms with Crippen LogP contribution in [-0.2, 0) is 4.79 Å². The first kappa shape index (κ1) is 13.9. The van der Waals surface area contributed by atoms with Crippen molar-refractivity contribution in [3.63, 3.8) is 0 Å². The number of nitrogens with one attached hydrogen (secondary N) is 1. The third-order valence-corrected chi connectivity index (χ3v) is 3.08. The van der Waals surface area contributed by atoms with Crippen LogP contribution in [0.2, 0.25) is 0 Å². The van der Waals surface area contributed by atoms with Crippen molar-refractivity contribution in [3.8, 4) is 17.2 Å². The van der Waals surface area contributed by atoms with Gasteiger partial charge >= 0.3 is 0 Å². The Hall–Kier alpha value is -3.02. The minimum Gasteiger partial charge on any atom is -0.508 e. The molecular weight excluding hydrogens is 284 g/mol. The predicted molar refractivity (Wildman–Crippen MR) is 80.2 cm³/mol. The summed E-state index contributed by atoms with van der Waals surface area (Å²) in [6, 6.07) is 13.6. The van der Waals surface area contributed by atoms with Crippen molar-refractivity contribution in [3.05, 3.63) is 54.1 Å². The summed E-state index contributed by atoms with van der Waals surface area (Å²) in [5.74, 6) is 0.952. The van der Waals surface area contributed by atoms with Crippen molar-refractivity contribution in [2.75, 3.05) is 6.61 Å². The molecule has 0 saturated carbocycles. The zero-order chi connectivity index (χ0) is 15.4. The summed E-state index contributed by atoms with van der Waals surface area (Å²) in [4.78, 5) is 12.0. The number of ether oxygens (including phenoxy) is 2. The van der Waals surface area contributed by atoms with Crippen LogP contribution in [0.1, 0.15) is 5.56 Å². The highest BCUT2D eigenvalue weighted by Crippen LogP contribution is 2.30. The molecule has 6 heteroatoms. The molecule has 0 saturated heterocycles. The molecule has 112 valence electrons. The van der Waals surface area contributed by atoms with E-state index in [-0.39, 0.29) is 18.3 Å². The number of hydrogen-bond acceptors (Lipinski definition) is 5. The fourth-order valence-electron chi connectivity index (χ4n) is 1.95. The average Bonchev–Trinajstić information content (AvgIpc) is 2.56. The van der Waals surface area contributed by atoms with Gasteiger partial charge in [-0.3, -0.25) is 4.79 Å². The molecule has 0 radical (unpaired) electrons. The number of hydrazone groups is 1. The van der Waals surface area contributed by atoms with Crippen LogP contribution in [-0.4, -0.2) is 29.9 Å². The van der Waals surface area contributed by atoms with Crippen LogP contribution in [0, 0.1) is 0 Å². The maximum atomic E-state index is 12.0. The Labute approximate surface area is 127 Å². The molecule has 2 aromatic carbocycles. The average molecular weight is 298 g/mol. The van der Waals surface area contributed by atoms with E-state index in [2.05, 4.69) is 10.5 Å². The Morgan fingerprint density at radius 3 is 2.68 bits per heavy atom. The summed E-state index contributed by atoms with van der Waals surface area (Å²) in [5.41, 5.74) is 3.16. The lowest BCUT2D eigenvalue weighted by molar-refractivity contribution is -0.130. The van der Waals surface area contributed by atoms with Crippen molar-refractivity contribution in [2.24, 2.45) is 5.10 Å². The number of benzene rings is 2. The van der Waals surface area contributed by atoms with Gasteiger partial charge in [0.2, 0.25) is 6.10 Å². The van der Waals surface area contributed by atoms with Crippen LogP contribution in [0.15, 0.2) is 53.6 Å². The van der Waals surface area contributed by atoms with E-state index in [1.54, 1.807) is 24.3 Å². The van der Waals surface area contributed by atoms with Gasteiger partial charge in [0.05, 0.1) is 6.21 Å². The minimum atomic E-state index is -0.744. The van der Waals surface area contributed by atoms with Gasteiger partial charge in [-0.25, -0.2) is 5.43 Å². The predicted octanol–water partition coefficient (Wildman–Crippen LogP) is 1.68. The van der Waals surface area contributed by atoms with E-state index in [0.29, 0.717) is 11.5 Å². The van der Waals surface area contributed by atoms with E-state index in [1.807, 2.05) is 12.1 Å². The Morgan fingerprint density at radius 2 is 1.91 bits per heavy atom. The number of carbonyl (C=O) groups is 1. The van der Waals surface area contributed by atoms with Gasteiger partial charge in [0, 0.05) is 0 Å². The summed E-state index contributed by atoms with van der Waals surface area (Å²) in [7, 11) is 0. The van der Waals surface area contributed by atoms with Gasteiger partial charge in [-0.05, 0) is 42.0 Å². The van der Waals surface area contributed by atoms with Crippen molar-refractivity contribution in [2.45, 2.75) is 6.10 Å². The molecule has 3 rings (SSSR count). The highest BCUT2D eigenvalue weighted by molar-refractivity contribution is 5.85. The highest BCUT2D eigenvalue weighted by Gasteiger charge is 2.26. The SMILES string of the molecule is O=C(N/N=C/c1ccc(O)cc1)C1COc2ccccc2O1. The van der Waals surface area contributed by atoms with Crippen molar-refractivity contribution in [1.29, 1.82) is 0 Å². The van der Waals surface area contributed by atoms with Gasteiger partial charge < -0.3 is 14.6 Å². The largest absolute Gasteiger partial charge is 0.508 e. The van der Waals surface area contributed by atoms with Crippen molar-refractivity contribution >= 4 is 12.1 Å². The molecule has 1 atom stereocenters. The molecule has 0 spiro atoms. The van der Waals surface area contributed by atoms with Gasteiger partial charge in [0.15, 0.2) is 11.5 Å². The number of aromatic hydroxyl groups is 1. The number of hydrogen-bond donors (Lipinski definition) is 2. The number of rotatable bonds is 3. The standard InChI is InChI=1S/C16H14N2O4/c19-12-7-5-11(6-8-12)9-17-18-16(20)15-10-21-13-3-1-2-4-14(13)22-15/h1-9,15,19H,10H2,(H,18,20)/b17-9+. The van der Waals surface area contributed by atoms with Crippen LogP contribution >= 0.6 is 0 Å². The van der Waals surface area contributed by atoms with Crippen LogP contribution in [0.3, 0.4) is 0 Å². The van der Waals surface area contributed by atoms with Gasteiger partial charge in [-0.15, -0.1) is 0 Å². The van der Waals surface area contributed by atoms with Crippen LogP contribution in [0.25, 0.3) is 0 Å². The number of amides is 1. The van der Waals surface area contributed by atoms with E-state index in [1.165, 1.54) is 18.3 Å². The third kappa shape index (κ3) is 3.17. The van der Waals surface area contributed by atoms with E-state index in [9.17, 15) is 9.90 Å². The second-order valence-corrected chi connectivity index (χ2v) is 4.69. The summed E-state index contributed by atoms with van der Waals surface area (Å²) >= 11 is 0. The summed E-state index contributed by atoms with van der Waals surface area (Å²) < 4.78 is 11.0. The first-order valence-electron chi connectivity index (χ1n) is 6.73. The highest BCUT2D eigenvalue weighted by atomic mass is 16.6. The number of fused-ring (bicyclic) bond motifs is 1. The Kier molecular flexibility index (Phi) is 3.91. The maximum absolute atomic E-state index is 12.0. The molecule has 1 heterocycles. The molecule has 1 amide bonds. The molecule has 2 N–H and O–H groups in total. The second-order valence-electron chi connectivity index (χ2n) is 4.69. The Bertz CT molecular complexity index is 698. The lowest BCUT2D eigenvalue weighted by Gasteiger charge is -2.24. The molecule has 22 heavy (non-hydrogen) atoms. The first-order valence-corrected chi connectivity index (χ1v) is 6.73. The van der Waals surface area contributed by atoms with Gasteiger partial charge in [0.1, 0.15) is 12.4 Å². The maximum Gasteiger partial charge on any atom is 0.284 e. The number of para-hydroxylation sites is 2. The summed E-state index contributed by atoms with van der Waals surface area (Å²) in [6.45, 7) is 0.136. The molecule has 0 fully saturated rings. The van der Waals surface area contributed by atoms with Crippen LogP contribution < -0.4 is 14.9 Å². The van der Waals surface area contributed by atoms with E-state index in [0.717, 1.165) is 5.56 Å². The molecule has 6 nitrogen and oxygen atoms in total. The molecule has 1 unspecified atom stereocenters. The molecule has 1 aliphatic heterocycles. The monoisotopic (exact) mass is 298 g/mol. The Morgan fingerprint density at radius 1 is 1.18 bits per heavy atom. The number of phenolic OH excluding ortho intramolecular Hbond substituents is 1. The van der Waals surface area contributed by atoms with Crippen LogP contribution in [0.4, 0.5) is 0 Å². The molecular formula is C16H14N2O4. The topological polar surface area (TPSA) is 80.2 Å². The zero-order valence-corrected chi connectivity index (χ0v) is 11.6. The van der Waals surface area contributed by atoms with Gasteiger partial charge in [-0.2, -0.15) is 5.10 Å². The van der Waals surface area contributed by atoms with E-state index >= 15 is 0 Å². The van der Waals surface area contributed by atoms with Crippen molar-refractivity contribution in [1.82, 2.24) is 5.43 Å².